The van der Waals surface area contributed by atoms with E-state index in [1.54, 1.807) is 12.5 Å². The molecule has 1 aromatic carbocycles. The van der Waals surface area contributed by atoms with Gasteiger partial charge in [-0.1, -0.05) is 29.8 Å². The van der Waals surface area contributed by atoms with Crippen LogP contribution in [0, 0.1) is 0 Å². The molecule has 5 nitrogen and oxygen atoms in total. The van der Waals surface area contributed by atoms with Gasteiger partial charge in [-0.25, -0.2) is 4.98 Å². The van der Waals surface area contributed by atoms with Crippen LogP contribution in [0.15, 0.2) is 61.2 Å². The van der Waals surface area contributed by atoms with E-state index >= 15 is 0 Å². The van der Waals surface area contributed by atoms with Crippen molar-refractivity contribution in [1.82, 2.24) is 19.7 Å². The summed E-state index contributed by atoms with van der Waals surface area (Å²) in [6, 6.07) is 12.0. The number of hydrogen-bond acceptors (Lipinski definition) is 4. The fourth-order valence-corrected chi connectivity index (χ4v) is 3.04. The van der Waals surface area contributed by atoms with Gasteiger partial charge in [-0.2, -0.15) is 0 Å². The molecular weight excluding hydrogens is 322 g/mol. The van der Waals surface area contributed by atoms with Crippen molar-refractivity contribution in [3.8, 4) is 5.82 Å². The molecule has 0 saturated carbocycles. The Bertz CT molecular complexity index is 855. The van der Waals surface area contributed by atoms with E-state index in [2.05, 4.69) is 32.2 Å². The van der Waals surface area contributed by atoms with E-state index in [4.69, 9.17) is 11.6 Å². The summed E-state index contributed by atoms with van der Waals surface area (Å²) in [5.41, 5.74) is 2.53. The molecule has 0 spiro atoms. The van der Waals surface area contributed by atoms with Crippen LogP contribution >= 0.6 is 11.6 Å². The Hall–Kier alpha value is -2.66. The van der Waals surface area contributed by atoms with Gasteiger partial charge in [0.2, 0.25) is 0 Å². The minimum absolute atomic E-state index is 0.767. The van der Waals surface area contributed by atoms with Gasteiger partial charge in [0.05, 0.1) is 0 Å². The van der Waals surface area contributed by atoms with Gasteiger partial charge in [0.15, 0.2) is 11.6 Å². The van der Waals surface area contributed by atoms with Gasteiger partial charge >= 0.3 is 0 Å². The average Bonchev–Trinajstić information content (AvgIpc) is 3.17. The molecule has 0 amide bonds. The normalized spacial score (nSPS) is 14.5. The van der Waals surface area contributed by atoms with E-state index in [1.807, 2.05) is 41.1 Å². The van der Waals surface area contributed by atoms with Crippen LogP contribution in [-0.4, -0.2) is 32.8 Å². The molecule has 1 aliphatic rings. The zero-order valence-electron chi connectivity index (χ0n) is 13.0. The highest BCUT2D eigenvalue weighted by Crippen LogP contribution is 2.26. The van der Waals surface area contributed by atoms with Crippen molar-refractivity contribution in [2.75, 3.05) is 18.0 Å². The van der Waals surface area contributed by atoms with Crippen molar-refractivity contribution in [2.24, 2.45) is 0 Å². The molecule has 0 bridgehead atoms. The second kappa shape index (κ2) is 6.45. The van der Waals surface area contributed by atoms with Gasteiger partial charge in [-0.3, -0.25) is 4.57 Å². The SMILES string of the molecule is Clc1cccc(C2=CCN(c3ccc(-n4ccnc4)nn3)CC2)c1. The van der Waals surface area contributed by atoms with Crippen LogP contribution in [0.2, 0.25) is 5.02 Å². The first-order valence-corrected chi connectivity index (χ1v) is 8.19. The Morgan fingerprint density at radius 2 is 1.92 bits per heavy atom. The molecule has 0 fully saturated rings. The van der Waals surface area contributed by atoms with E-state index in [0.717, 1.165) is 36.2 Å². The Balaban J connectivity index is 1.49. The summed E-state index contributed by atoms with van der Waals surface area (Å²) in [7, 11) is 0. The summed E-state index contributed by atoms with van der Waals surface area (Å²) in [5, 5.41) is 9.40. The lowest BCUT2D eigenvalue weighted by Gasteiger charge is -2.27. The predicted octanol–water partition coefficient (Wildman–Crippen LogP) is 3.61. The Morgan fingerprint density at radius 1 is 1.04 bits per heavy atom. The lowest BCUT2D eigenvalue weighted by atomic mass is 9.99. The summed E-state index contributed by atoms with van der Waals surface area (Å²) >= 11 is 6.08. The fraction of sp³-hybridized carbons (Fsp3) is 0.167. The third-order valence-electron chi connectivity index (χ3n) is 4.13. The smallest absolute Gasteiger partial charge is 0.160 e. The summed E-state index contributed by atoms with van der Waals surface area (Å²) < 4.78 is 1.84. The fourth-order valence-electron chi connectivity index (χ4n) is 2.85. The Kier molecular flexibility index (Phi) is 4.01. The first-order valence-electron chi connectivity index (χ1n) is 7.81. The molecule has 0 radical (unpaired) electrons. The lowest BCUT2D eigenvalue weighted by molar-refractivity contribution is 0.792. The molecule has 120 valence electrons. The third kappa shape index (κ3) is 3.03. The maximum absolute atomic E-state index is 6.08. The van der Waals surface area contributed by atoms with Crippen LogP contribution in [0.1, 0.15) is 12.0 Å². The number of aromatic nitrogens is 4. The van der Waals surface area contributed by atoms with Crippen LogP contribution in [0.5, 0.6) is 0 Å². The quantitative estimate of drug-likeness (QED) is 0.732. The van der Waals surface area contributed by atoms with E-state index in [1.165, 1.54) is 11.1 Å². The van der Waals surface area contributed by atoms with Gasteiger partial charge < -0.3 is 4.90 Å². The standard InChI is InChI=1S/C18H16ClN5/c19-16-3-1-2-15(12-16)14-6-9-23(10-7-14)17-4-5-18(22-21-17)24-11-8-20-13-24/h1-6,8,11-13H,7,9-10H2. The van der Waals surface area contributed by atoms with Gasteiger partial charge in [-0.15, -0.1) is 10.2 Å². The van der Waals surface area contributed by atoms with Crippen LogP contribution in [0.25, 0.3) is 11.4 Å². The first kappa shape index (κ1) is 14.9. The topological polar surface area (TPSA) is 46.8 Å². The maximum Gasteiger partial charge on any atom is 0.160 e. The molecular formula is C18H16ClN5. The monoisotopic (exact) mass is 337 g/mol. The zero-order chi connectivity index (χ0) is 16.4. The molecule has 4 rings (SSSR count). The molecule has 24 heavy (non-hydrogen) atoms. The maximum atomic E-state index is 6.08. The van der Waals surface area contributed by atoms with Crippen molar-refractivity contribution in [3.05, 3.63) is 71.8 Å². The molecule has 0 unspecified atom stereocenters. The number of rotatable bonds is 3. The number of anilines is 1. The van der Waals surface area contributed by atoms with Crippen LogP contribution < -0.4 is 4.90 Å². The second-order valence-corrected chi connectivity index (χ2v) is 6.09. The highest BCUT2D eigenvalue weighted by Gasteiger charge is 2.15. The van der Waals surface area contributed by atoms with Gasteiger partial charge in [-0.05, 0) is 41.8 Å². The third-order valence-corrected chi connectivity index (χ3v) is 4.37. The molecule has 3 aromatic rings. The summed E-state index contributed by atoms with van der Waals surface area (Å²) in [6.07, 6.45) is 8.49. The van der Waals surface area contributed by atoms with Crippen molar-refractivity contribution in [1.29, 1.82) is 0 Å². The van der Waals surface area contributed by atoms with E-state index in [0.29, 0.717) is 0 Å². The Labute approximate surface area is 145 Å². The molecule has 0 atom stereocenters. The number of nitrogens with zero attached hydrogens (tertiary/aromatic N) is 5. The van der Waals surface area contributed by atoms with Crippen molar-refractivity contribution in [2.45, 2.75) is 6.42 Å². The van der Waals surface area contributed by atoms with Crippen molar-refractivity contribution in [3.63, 3.8) is 0 Å². The highest BCUT2D eigenvalue weighted by molar-refractivity contribution is 6.30. The number of imidazole rings is 1. The largest absolute Gasteiger partial charge is 0.351 e. The minimum atomic E-state index is 0.767. The Morgan fingerprint density at radius 3 is 2.58 bits per heavy atom. The molecule has 3 heterocycles. The molecule has 0 saturated heterocycles. The average molecular weight is 338 g/mol. The van der Waals surface area contributed by atoms with Gasteiger partial charge in [0, 0.05) is 30.5 Å². The lowest BCUT2D eigenvalue weighted by Crippen LogP contribution is -2.29. The predicted molar refractivity (Wildman–Crippen MR) is 95.4 cm³/mol. The van der Waals surface area contributed by atoms with E-state index in [9.17, 15) is 0 Å². The van der Waals surface area contributed by atoms with Crippen LogP contribution in [0.3, 0.4) is 0 Å². The highest BCUT2D eigenvalue weighted by atomic mass is 35.5. The molecule has 0 N–H and O–H groups in total. The molecule has 6 heteroatoms. The first-order chi connectivity index (χ1) is 11.8. The zero-order valence-corrected chi connectivity index (χ0v) is 13.8. The van der Waals surface area contributed by atoms with Gasteiger partial charge in [0.25, 0.3) is 0 Å². The molecule has 2 aromatic heterocycles. The van der Waals surface area contributed by atoms with Crippen molar-refractivity contribution >= 4 is 23.0 Å². The molecule has 0 aliphatic carbocycles. The summed E-state index contributed by atoms with van der Waals surface area (Å²) in [6.45, 7) is 1.73. The van der Waals surface area contributed by atoms with E-state index < -0.39 is 0 Å². The number of hydrogen-bond donors (Lipinski definition) is 0. The van der Waals surface area contributed by atoms with Crippen molar-refractivity contribution < 1.29 is 0 Å². The summed E-state index contributed by atoms with van der Waals surface area (Å²) in [4.78, 5) is 6.24. The minimum Gasteiger partial charge on any atom is -0.351 e. The second-order valence-electron chi connectivity index (χ2n) is 5.66. The summed E-state index contributed by atoms with van der Waals surface area (Å²) in [5.74, 6) is 1.66. The number of halogens is 1. The van der Waals surface area contributed by atoms with Gasteiger partial charge in [0.1, 0.15) is 6.33 Å². The van der Waals surface area contributed by atoms with Crippen LogP contribution in [-0.2, 0) is 0 Å². The molecule has 1 aliphatic heterocycles. The van der Waals surface area contributed by atoms with E-state index in [-0.39, 0.29) is 0 Å². The van der Waals surface area contributed by atoms with Crippen LogP contribution in [0.4, 0.5) is 5.82 Å². The number of benzene rings is 1.